The van der Waals surface area contributed by atoms with Crippen LogP contribution in [0.3, 0.4) is 0 Å². The van der Waals surface area contributed by atoms with Gasteiger partial charge in [0, 0.05) is 37.8 Å². The molecule has 0 saturated carbocycles. The Morgan fingerprint density at radius 2 is 2.10 bits per heavy atom. The summed E-state index contributed by atoms with van der Waals surface area (Å²) in [6.45, 7) is 1.92. The number of benzene rings is 1. The van der Waals surface area contributed by atoms with Gasteiger partial charge in [-0.05, 0) is 18.2 Å². The number of nitrogens with one attached hydrogen (secondary N) is 1. The van der Waals surface area contributed by atoms with E-state index in [-0.39, 0.29) is 17.8 Å². The molecule has 0 aliphatic carbocycles. The standard InChI is InChI=1S/C20H17FN4O4S/c1-11(26)23-15-8-12(21)2-3-13(15)20(29)25-6-5-24-9-14(19-22-4-7-30-19)17(27)18(28)16(24)10-25/h2-4,7-9,28H,5-6,10H2,1H3,(H,23,26). The first kappa shape index (κ1) is 19.8. The van der Waals surface area contributed by atoms with Crippen molar-refractivity contribution in [3.63, 3.8) is 0 Å². The molecule has 0 fully saturated rings. The SMILES string of the molecule is CC(=O)Nc1cc(F)ccc1C(=O)N1CCn2cc(-c3nccs3)c(=O)c(O)c2C1. The van der Waals surface area contributed by atoms with Gasteiger partial charge in [0.25, 0.3) is 5.91 Å². The van der Waals surface area contributed by atoms with E-state index in [2.05, 4.69) is 10.3 Å². The maximum absolute atomic E-state index is 13.6. The van der Waals surface area contributed by atoms with Crippen molar-refractivity contribution in [1.29, 1.82) is 0 Å². The zero-order valence-electron chi connectivity index (χ0n) is 15.9. The van der Waals surface area contributed by atoms with Gasteiger partial charge in [-0.1, -0.05) is 0 Å². The molecule has 0 radical (unpaired) electrons. The Hall–Kier alpha value is -3.53. The zero-order chi connectivity index (χ0) is 21.4. The number of anilines is 1. The van der Waals surface area contributed by atoms with Gasteiger partial charge in [0.2, 0.25) is 11.3 Å². The first-order valence-corrected chi connectivity index (χ1v) is 9.94. The van der Waals surface area contributed by atoms with Crippen molar-refractivity contribution in [2.24, 2.45) is 0 Å². The summed E-state index contributed by atoms with van der Waals surface area (Å²) in [5.41, 5.74) is 0.256. The van der Waals surface area contributed by atoms with E-state index in [4.69, 9.17) is 0 Å². The number of halogens is 1. The van der Waals surface area contributed by atoms with Crippen LogP contribution in [0.4, 0.5) is 10.1 Å². The lowest BCUT2D eigenvalue weighted by Gasteiger charge is -2.31. The van der Waals surface area contributed by atoms with Crippen LogP contribution in [0.15, 0.2) is 40.8 Å². The van der Waals surface area contributed by atoms with E-state index in [1.165, 1.54) is 29.2 Å². The second-order valence-corrected chi connectivity index (χ2v) is 7.69. The molecular formula is C20H17FN4O4S. The van der Waals surface area contributed by atoms with Crippen molar-refractivity contribution < 1.29 is 19.1 Å². The van der Waals surface area contributed by atoms with Gasteiger partial charge < -0.3 is 19.9 Å². The second-order valence-electron chi connectivity index (χ2n) is 6.80. The molecule has 3 aromatic rings. The van der Waals surface area contributed by atoms with Gasteiger partial charge in [0.05, 0.1) is 29.1 Å². The second kappa shape index (κ2) is 7.71. The number of hydrogen-bond donors (Lipinski definition) is 2. The molecule has 2 aromatic heterocycles. The van der Waals surface area contributed by atoms with Crippen LogP contribution in [0, 0.1) is 5.82 Å². The summed E-state index contributed by atoms with van der Waals surface area (Å²) in [6.07, 6.45) is 3.22. The Morgan fingerprint density at radius 1 is 1.30 bits per heavy atom. The van der Waals surface area contributed by atoms with Crippen LogP contribution in [0.25, 0.3) is 10.6 Å². The Morgan fingerprint density at radius 3 is 2.80 bits per heavy atom. The van der Waals surface area contributed by atoms with Crippen LogP contribution < -0.4 is 10.7 Å². The Bertz CT molecular complexity index is 1210. The van der Waals surface area contributed by atoms with E-state index in [9.17, 15) is 23.9 Å². The molecular weight excluding hydrogens is 411 g/mol. The highest BCUT2D eigenvalue weighted by atomic mass is 32.1. The number of aromatic hydroxyl groups is 1. The zero-order valence-corrected chi connectivity index (χ0v) is 16.7. The van der Waals surface area contributed by atoms with Gasteiger partial charge >= 0.3 is 0 Å². The average Bonchev–Trinajstić information content (AvgIpc) is 3.24. The average molecular weight is 428 g/mol. The molecule has 2 amide bonds. The molecule has 1 aliphatic heterocycles. The molecule has 0 unspecified atom stereocenters. The molecule has 154 valence electrons. The molecule has 1 aliphatic rings. The number of rotatable bonds is 3. The number of amides is 2. The van der Waals surface area contributed by atoms with Crippen molar-refractivity contribution in [2.45, 2.75) is 20.0 Å². The molecule has 2 N–H and O–H groups in total. The van der Waals surface area contributed by atoms with Gasteiger partial charge in [0.1, 0.15) is 10.8 Å². The molecule has 4 rings (SSSR count). The van der Waals surface area contributed by atoms with Crippen LogP contribution >= 0.6 is 11.3 Å². The predicted molar refractivity (Wildman–Crippen MR) is 109 cm³/mol. The Kier molecular flexibility index (Phi) is 5.08. The smallest absolute Gasteiger partial charge is 0.256 e. The fourth-order valence-electron chi connectivity index (χ4n) is 3.39. The van der Waals surface area contributed by atoms with Crippen LogP contribution in [0.5, 0.6) is 5.75 Å². The lowest BCUT2D eigenvalue weighted by Crippen LogP contribution is -2.39. The molecule has 3 heterocycles. The van der Waals surface area contributed by atoms with Crippen molar-refractivity contribution in [2.75, 3.05) is 11.9 Å². The third-order valence-electron chi connectivity index (χ3n) is 4.79. The van der Waals surface area contributed by atoms with E-state index in [0.29, 0.717) is 29.4 Å². The van der Waals surface area contributed by atoms with Gasteiger partial charge in [-0.25, -0.2) is 9.37 Å². The van der Waals surface area contributed by atoms with Crippen molar-refractivity contribution >= 4 is 28.8 Å². The summed E-state index contributed by atoms with van der Waals surface area (Å²) >= 11 is 1.29. The highest BCUT2D eigenvalue weighted by molar-refractivity contribution is 7.13. The summed E-state index contributed by atoms with van der Waals surface area (Å²) in [5.74, 6) is -1.89. The molecule has 0 atom stereocenters. The van der Waals surface area contributed by atoms with Crippen molar-refractivity contribution in [1.82, 2.24) is 14.5 Å². The first-order valence-electron chi connectivity index (χ1n) is 9.06. The highest BCUT2D eigenvalue weighted by Crippen LogP contribution is 2.27. The number of carbonyl (C=O) groups is 2. The molecule has 0 saturated heterocycles. The minimum atomic E-state index is -0.585. The summed E-state index contributed by atoms with van der Waals surface area (Å²) in [4.78, 5) is 42.6. The number of thiazole rings is 1. The van der Waals surface area contributed by atoms with Crippen LogP contribution in [0.2, 0.25) is 0 Å². The molecule has 10 heteroatoms. The van der Waals surface area contributed by atoms with E-state index in [0.717, 1.165) is 12.1 Å². The molecule has 8 nitrogen and oxygen atoms in total. The summed E-state index contributed by atoms with van der Waals surface area (Å²) in [7, 11) is 0. The Labute approximate surface area is 174 Å². The summed E-state index contributed by atoms with van der Waals surface area (Å²) in [5, 5.41) is 15.2. The number of nitrogens with zero attached hydrogens (tertiary/aromatic N) is 3. The molecule has 1 aromatic carbocycles. The van der Waals surface area contributed by atoms with Gasteiger partial charge in [-0.3, -0.25) is 14.4 Å². The van der Waals surface area contributed by atoms with Crippen molar-refractivity contribution in [3.05, 3.63) is 63.3 Å². The minimum absolute atomic E-state index is 0.00502. The van der Waals surface area contributed by atoms with Gasteiger partial charge in [0.15, 0.2) is 5.75 Å². The quantitative estimate of drug-likeness (QED) is 0.667. The first-order chi connectivity index (χ1) is 14.3. The van der Waals surface area contributed by atoms with Gasteiger partial charge in [-0.2, -0.15) is 0 Å². The monoisotopic (exact) mass is 428 g/mol. The van der Waals surface area contributed by atoms with Gasteiger partial charge in [-0.15, -0.1) is 11.3 Å². The van der Waals surface area contributed by atoms with Crippen LogP contribution in [0.1, 0.15) is 23.0 Å². The topological polar surface area (TPSA) is 105 Å². The van der Waals surface area contributed by atoms with Crippen LogP contribution in [-0.2, 0) is 17.9 Å². The number of aromatic nitrogens is 2. The number of pyridine rings is 1. The Balaban J connectivity index is 1.67. The number of fused-ring (bicyclic) bond motifs is 1. The van der Waals surface area contributed by atoms with Crippen LogP contribution in [-0.4, -0.2) is 37.9 Å². The van der Waals surface area contributed by atoms with E-state index in [1.807, 2.05) is 0 Å². The lowest BCUT2D eigenvalue weighted by molar-refractivity contribution is -0.114. The third-order valence-corrected chi connectivity index (χ3v) is 5.60. The molecule has 0 spiro atoms. The van der Waals surface area contributed by atoms with E-state index < -0.39 is 28.8 Å². The largest absolute Gasteiger partial charge is 0.503 e. The summed E-state index contributed by atoms with van der Waals surface area (Å²) < 4.78 is 15.3. The normalized spacial score (nSPS) is 13.1. The fraction of sp³-hybridized carbons (Fsp3) is 0.200. The number of hydrogen-bond acceptors (Lipinski definition) is 6. The summed E-state index contributed by atoms with van der Waals surface area (Å²) in [6, 6.07) is 3.52. The fourth-order valence-corrected chi connectivity index (χ4v) is 4.03. The minimum Gasteiger partial charge on any atom is -0.503 e. The third kappa shape index (κ3) is 3.57. The van der Waals surface area contributed by atoms with E-state index in [1.54, 1.807) is 22.3 Å². The maximum Gasteiger partial charge on any atom is 0.256 e. The number of carbonyl (C=O) groups excluding carboxylic acids is 2. The van der Waals surface area contributed by atoms with E-state index >= 15 is 0 Å². The molecule has 30 heavy (non-hydrogen) atoms. The predicted octanol–water partition coefficient (Wildman–Crippen LogP) is 2.43. The van der Waals surface area contributed by atoms with Crippen molar-refractivity contribution in [3.8, 4) is 16.3 Å². The lowest BCUT2D eigenvalue weighted by atomic mass is 10.1. The molecule has 0 bridgehead atoms. The highest BCUT2D eigenvalue weighted by Gasteiger charge is 2.27. The maximum atomic E-state index is 13.6.